The molecular formula is C26H32N6O3S. The van der Waals surface area contributed by atoms with Crippen molar-refractivity contribution in [1.29, 1.82) is 0 Å². The fourth-order valence-corrected chi connectivity index (χ4v) is 6.30. The summed E-state index contributed by atoms with van der Waals surface area (Å²) in [6.45, 7) is 5.21. The molecule has 5 rings (SSSR count). The molecule has 0 radical (unpaired) electrons. The zero-order valence-electron chi connectivity index (χ0n) is 21.3. The number of aromatic nitrogens is 4. The second-order valence-electron chi connectivity index (χ2n) is 9.92. The number of anilines is 2. The van der Waals surface area contributed by atoms with Crippen LogP contribution in [-0.4, -0.2) is 71.3 Å². The average Bonchev–Trinajstić information content (AvgIpc) is 3.47. The molecule has 3 aromatic heterocycles. The van der Waals surface area contributed by atoms with Crippen LogP contribution < -0.4 is 10.1 Å². The van der Waals surface area contributed by atoms with Crippen LogP contribution in [0.1, 0.15) is 30.7 Å². The van der Waals surface area contributed by atoms with Crippen molar-refractivity contribution >= 4 is 49.7 Å². The number of H-pyrrole nitrogens is 1. The van der Waals surface area contributed by atoms with Crippen molar-refractivity contribution in [3.05, 3.63) is 35.1 Å². The van der Waals surface area contributed by atoms with Crippen LogP contribution in [0.3, 0.4) is 0 Å². The van der Waals surface area contributed by atoms with Crippen molar-refractivity contribution in [1.82, 2.24) is 25.1 Å². The highest BCUT2D eigenvalue weighted by Crippen LogP contribution is 2.45. The van der Waals surface area contributed by atoms with Gasteiger partial charge in [-0.15, -0.1) is 11.3 Å². The number of methoxy groups -OCH3 is 2. The van der Waals surface area contributed by atoms with E-state index in [1.807, 2.05) is 19.2 Å². The summed E-state index contributed by atoms with van der Waals surface area (Å²) in [5.74, 6) is 1.73. The van der Waals surface area contributed by atoms with Gasteiger partial charge < -0.3 is 14.8 Å². The zero-order chi connectivity index (χ0) is 25.4. The summed E-state index contributed by atoms with van der Waals surface area (Å²) in [5.41, 5.74) is 2.57. The Kier molecular flexibility index (Phi) is 6.67. The first-order valence-corrected chi connectivity index (χ1v) is 12.9. The third-order valence-corrected chi connectivity index (χ3v) is 8.53. The molecule has 1 aliphatic carbocycles. The van der Waals surface area contributed by atoms with Crippen molar-refractivity contribution < 1.29 is 14.3 Å². The summed E-state index contributed by atoms with van der Waals surface area (Å²) >= 11 is 1.67. The summed E-state index contributed by atoms with van der Waals surface area (Å²) in [7, 11) is 5.33. The first kappa shape index (κ1) is 24.6. The van der Waals surface area contributed by atoms with Gasteiger partial charge in [0.15, 0.2) is 5.78 Å². The van der Waals surface area contributed by atoms with Crippen LogP contribution in [-0.2, 0) is 22.4 Å². The van der Waals surface area contributed by atoms with Crippen molar-refractivity contribution in [3.63, 3.8) is 0 Å². The number of thiophene rings is 1. The smallest absolute Gasteiger partial charge is 0.153 e. The topological polar surface area (TPSA) is 105 Å². The monoisotopic (exact) mass is 508 g/mol. The first-order chi connectivity index (χ1) is 17.3. The number of aromatic amines is 1. The molecule has 2 unspecified atom stereocenters. The van der Waals surface area contributed by atoms with Crippen LogP contribution in [0.25, 0.3) is 21.1 Å². The number of hydrogen-bond acceptors (Lipinski definition) is 9. The predicted octanol–water partition coefficient (Wildman–Crippen LogP) is 4.35. The second kappa shape index (κ2) is 9.76. The number of nitrogens with zero attached hydrogens (tertiary/aromatic N) is 4. The first-order valence-electron chi connectivity index (χ1n) is 12.1. The number of ether oxygens (including phenoxy) is 2. The Bertz CT molecular complexity index is 1420. The highest BCUT2D eigenvalue weighted by molar-refractivity contribution is 7.19. The van der Waals surface area contributed by atoms with Crippen molar-refractivity contribution in [3.8, 4) is 5.75 Å². The Morgan fingerprint density at radius 2 is 2.17 bits per heavy atom. The SMILES string of the molecule is COCC(C)N(C)CC(=O)C1(C)CCc2c(sc3ncnc(Nc4cc5cn[nH]c5cc4OC)c23)C1. The van der Waals surface area contributed by atoms with E-state index in [2.05, 4.69) is 44.2 Å². The number of likely N-dealkylation sites (N-methyl/N-ethyl adjacent to an activating group) is 1. The number of ketones is 1. The number of rotatable bonds is 9. The minimum atomic E-state index is -0.397. The third kappa shape index (κ3) is 4.44. The molecule has 0 fully saturated rings. The summed E-state index contributed by atoms with van der Waals surface area (Å²) in [6.07, 6.45) is 5.71. The number of aryl methyl sites for hydroxylation is 1. The zero-order valence-corrected chi connectivity index (χ0v) is 22.2. The van der Waals surface area contributed by atoms with Gasteiger partial charge in [-0.3, -0.25) is 14.8 Å². The lowest BCUT2D eigenvalue weighted by Crippen LogP contribution is -2.43. The highest BCUT2D eigenvalue weighted by Gasteiger charge is 2.39. The number of Topliss-reactive ketones (excluding diaryl/α,β-unsaturated/α-hetero) is 1. The van der Waals surface area contributed by atoms with Gasteiger partial charge in [0.2, 0.25) is 0 Å². The largest absolute Gasteiger partial charge is 0.494 e. The van der Waals surface area contributed by atoms with E-state index in [0.29, 0.717) is 18.9 Å². The maximum absolute atomic E-state index is 13.4. The molecule has 2 N–H and O–H groups in total. The van der Waals surface area contributed by atoms with E-state index in [1.54, 1.807) is 38.1 Å². The Hall–Kier alpha value is -3.08. The van der Waals surface area contributed by atoms with Crippen LogP contribution in [0.2, 0.25) is 0 Å². The van der Waals surface area contributed by atoms with Crippen molar-refractivity contribution in [2.75, 3.05) is 39.7 Å². The van der Waals surface area contributed by atoms with E-state index in [0.717, 1.165) is 51.9 Å². The molecule has 10 heteroatoms. The molecule has 9 nitrogen and oxygen atoms in total. The molecule has 0 saturated carbocycles. The Balaban J connectivity index is 1.43. The van der Waals surface area contributed by atoms with Gasteiger partial charge >= 0.3 is 0 Å². The van der Waals surface area contributed by atoms with E-state index in [1.165, 1.54) is 10.4 Å². The number of carbonyl (C=O) groups is 1. The molecule has 4 aromatic rings. The quantitative estimate of drug-likeness (QED) is 0.344. The van der Waals surface area contributed by atoms with Crippen LogP contribution in [0.5, 0.6) is 5.75 Å². The molecule has 0 spiro atoms. The number of hydrogen-bond donors (Lipinski definition) is 2. The number of nitrogens with one attached hydrogen (secondary N) is 2. The van der Waals surface area contributed by atoms with Crippen LogP contribution in [0, 0.1) is 5.41 Å². The molecule has 190 valence electrons. The predicted molar refractivity (Wildman–Crippen MR) is 142 cm³/mol. The van der Waals surface area contributed by atoms with Gasteiger partial charge in [-0.25, -0.2) is 9.97 Å². The van der Waals surface area contributed by atoms with Gasteiger partial charge in [0.05, 0.1) is 43.0 Å². The molecule has 0 bridgehead atoms. The van der Waals surface area contributed by atoms with Gasteiger partial charge in [-0.2, -0.15) is 5.10 Å². The van der Waals surface area contributed by atoms with Crippen LogP contribution in [0.4, 0.5) is 11.5 Å². The van der Waals surface area contributed by atoms with Gasteiger partial charge in [0, 0.05) is 34.9 Å². The average molecular weight is 509 g/mol. The lowest BCUT2D eigenvalue weighted by atomic mass is 9.72. The number of benzene rings is 1. The molecule has 36 heavy (non-hydrogen) atoms. The Morgan fingerprint density at radius 3 is 2.94 bits per heavy atom. The highest BCUT2D eigenvalue weighted by atomic mass is 32.1. The molecular weight excluding hydrogens is 476 g/mol. The van der Waals surface area contributed by atoms with E-state index in [-0.39, 0.29) is 11.8 Å². The molecule has 2 atom stereocenters. The second-order valence-corrected chi connectivity index (χ2v) is 11.0. The summed E-state index contributed by atoms with van der Waals surface area (Å²) < 4.78 is 10.9. The summed E-state index contributed by atoms with van der Waals surface area (Å²) in [5, 5.41) is 12.6. The lowest BCUT2D eigenvalue weighted by Gasteiger charge is -2.34. The lowest BCUT2D eigenvalue weighted by molar-refractivity contribution is -0.130. The fourth-order valence-electron chi connectivity index (χ4n) is 4.93. The van der Waals surface area contributed by atoms with E-state index in [4.69, 9.17) is 9.47 Å². The maximum atomic E-state index is 13.4. The normalized spacial score (nSPS) is 18.5. The molecule has 0 amide bonds. The maximum Gasteiger partial charge on any atom is 0.153 e. The number of carbonyl (C=O) groups excluding carboxylic acids is 1. The Morgan fingerprint density at radius 1 is 1.33 bits per heavy atom. The Labute approximate surface area is 214 Å². The van der Waals surface area contributed by atoms with E-state index < -0.39 is 5.41 Å². The summed E-state index contributed by atoms with van der Waals surface area (Å²) in [4.78, 5) is 26.8. The van der Waals surface area contributed by atoms with E-state index >= 15 is 0 Å². The van der Waals surface area contributed by atoms with Gasteiger partial charge in [0.25, 0.3) is 0 Å². The molecule has 0 saturated heterocycles. The molecule has 3 heterocycles. The molecule has 1 aromatic carbocycles. The molecule has 0 aliphatic heterocycles. The van der Waals surface area contributed by atoms with Crippen molar-refractivity contribution in [2.24, 2.45) is 5.41 Å². The van der Waals surface area contributed by atoms with Gasteiger partial charge in [0.1, 0.15) is 22.7 Å². The standard InChI is InChI=1S/C26H32N6O3S/c1-15(13-34-4)32(3)12-22(33)26(2)7-6-17-21(10-26)36-25-23(17)24(27-14-28-25)30-19-8-16-11-29-31-18(16)9-20(19)35-5/h8-9,11,14-15H,6-7,10,12-13H2,1-5H3,(H,29,31)(H,27,28,30). The van der Waals surface area contributed by atoms with E-state index in [9.17, 15) is 4.79 Å². The molecule has 1 aliphatic rings. The van der Waals surface area contributed by atoms with Crippen LogP contribution in [0.15, 0.2) is 24.7 Å². The van der Waals surface area contributed by atoms with Crippen LogP contribution >= 0.6 is 11.3 Å². The van der Waals surface area contributed by atoms with Gasteiger partial charge in [-0.05, 0) is 44.9 Å². The number of fused-ring (bicyclic) bond motifs is 4. The van der Waals surface area contributed by atoms with Gasteiger partial charge in [-0.1, -0.05) is 6.92 Å². The minimum Gasteiger partial charge on any atom is -0.494 e. The summed E-state index contributed by atoms with van der Waals surface area (Å²) in [6, 6.07) is 4.11. The minimum absolute atomic E-state index is 0.188. The fraction of sp³-hybridized carbons (Fsp3) is 0.462. The van der Waals surface area contributed by atoms with Crippen molar-refractivity contribution in [2.45, 2.75) is 39.2 Å². The third-order valence-electron chi connectivity index (χ3n) is 7.39.